The number of aryl methyl sites for hydroxylation is 1. The fraction of sp³-hybridized carbons (Fsp3) is 0.0625. The van der Waals surface area contributed by atoms with Gasteiger partial charge in [-0.2, -0.15) is 0 Å². The molecule has 0 aliphatic carbocycles. The number of hydrogen-bond acceptors (Lipinski definition) is 2. The molecule has 0 amide bonds. The highest BCUT2D eigenvalue weighted by molar-refractivity contribution is 7.17. The molecule has 90 valence electrons. The van der Waals surface area contributed by atoms with Crippen LogP contribution in [0.3, 0.4) is 0 Å². The Morgan fingerprint density at radius 3 is 2.50 bits per heavy atom. The molecule has 2 heteroatoms. The van der Waals surface area contributed by atoms with Crippen LogP contribution in [0.1, 0.15) is 15.9 Å². The Bertz CT molecular complexity index is 610. The summed E-state index contributed by atoms with van der Waals surface area (Å²) in [5.74, 6) is 0. The van der Waals surface area contributed by atoms with Crippen molar-refractivity contribution in [1.82, 2.24) is 0 Å². The number of rotatable bonds is 1. The van der Waals surface area contributed by atoms with E-state index in [-0.39, 0.29) is 0 Å². The number of fused-ring (bicyclic) bond motifs is 1. The minimum atomic E-state index is 0.745. The molecule has 3 aromatic rings. The Kier molecular flexibility index (Phi) is 4.26. The van der Waals surface area contributed by atoms with E-state index in [0.717, 1.165) is 17.4 Å². The van der Waals surface area contributed by atoms with E-state index in [1.165, 1.54) is 10.1 Å². The van der Waals surface area contributed by atoms with Crippen LogP contribution < -0.4 is 0 Å². The minimum Gasteiger partial charge on any atom is -0.298 e. The minimum absolute atomic E-state index is 0.745. The van der Waals surface area contributed by atoms with Gasteiger partial charge < -0.3 is 0 Å². The van der Waals surface area contributed by atoms with E-state index < -0.39 is 0 Å². The molecular formula is C16H14OS. The van der Waals surface area contributed by atoms with E-state index in [9.17, 15) is 4.79 Å². The molecule has 0 N–H and O–H groups in total. The largest absolute Gasteiger partial charge is 0.298 e. The molecular weight excluding hydrogens is 240 g/mol. The Labute approximate surface area is 111 Å². The molecule has 3 rings (SSSR count). The zero-order valence-corrected chi connectivity index (χ0v) is 11.0. The van der Waals surface area contributed by atoms with Crippen LogP contribution in [-0.4, -0.2) is 6.29 Å². The predicted molar refractivity (Wildman–Crippen MR) is 78.4 cm³/mol. The van der Waals surface area contributed by atoms with Crippen LogP contribution >= 0.6 is 11.3 Å². The molecule has 0 aliphatic rings. The van der Waals surface area contributed by atoms with Crippen molar-refractivity contribution in [3.63, 3.8) is 0 Å². The lowest BCUT2D eigenvalue weighted by molar-refractivity contribution is 0.112. The molecule has 0 saturated heterocycles. The Morgan fingerprint density at radius 2 is 1.83 bits per heavy atom. The summed E-state index contributed by atoms with van der Waals surface area (Å²) in [6.45, 7) is 1.97. The maximum Gasteiger partial charge on any atom is 0.150 e. The third-order valence-electron chi connectivity index (χ3n) is 2.54. The van der Waals surface area contributed by atoms with Crippen molar-refractivity contribution in [2.75, 3.05) is 0 Å². The summed E-state index contributed by atoms with van der Waals surface area (Å²) in [7, 11) is 0. The van der Waals surface area contributed by atoms with E-state index in [2.05, 4.69) is 35.7 Å². The summed E-state index contributed by atoms with van der Waals surface area (Å²) in [6.07, 6.45) is 0.854. The van der Waals surface area contributed by atoms with Gasteiger partial charge >= 0.3 is 0 Å². The van der Waals surface area contributed by atoms with Gasteiger partial charge in [-0.05, 0) is 35.9 Å². The Balaban J connectivity index is 0.000000134. The van der Waals surface area contributed by atoms with Crippen LogP contribution in [0, 0.1) is 6.92 Å². The SMILES string of the molecule is Cc1cccc(C=O)c1.c1ccc2sccc2c1. The lowest BCUT2D eigenvalue weighted by Gasteiger charge is -1.89. The van der Waals surface area contributed by atoms with Gasteiger partial charge in [0.25, 0.3) is 0 Å². The van der Waals surface area contributed by atoms with Gasteiger partial charge in [-0.1, -0.05) is 42.0 Å². The first-order chi connectivity index (χ1) is 8.79. The first kappa shape index (κ1) is 12.5. The van der Waals surface area contributed by atoms with Crippen LogP contribution in [-0.2, 0) is 0 Å². The van der Waals surface area contributed by atoms with Gasteiger partial charge in [-0.15, -0.1) is 11.3 Å². The topological polar surface area (TPSA) is 17.1 Å². The molecule has 0 saturated carbocycles. The van der Waals surface area contributed by atoms with Crippen molar-refractivity contribution in [1.29, 1.82) is 0 Å². The molecule has 1 heterocycles. The van der Waals surface area contributed by atoms with Gasteiger partial charge in [0.15, 0.2) is 0 Å². The zero-order chi connectivity index (χ0) is 12.8. The van der Waals surface area contributed by atoms with E-state index >= 15 is 0 Å². The average molecular weight is 254 g/mol. The molecule has 0 bridgehead atoms. The number of carbonyl (C=O) groups is 1. The molecule has 18 heavy (non-hydrogen) atoms. The summed E-state index contributed by atoms with van der Waals surface area (Å²) in [4.78, 5) is 10.2. The van der Waals surface area contributed by atoms with Crippen molar-refractivity contribution in [2.45, 2.75) is 6.92 Å². The molecule has 0 spiro atoms. The average Bonchev–Trinajstić information content (AvgIpc) is 2.87. The fourth-order valence-electron chi connectivity index (χ4n) is 1.65. The quantitative estimate of drug-likeness (QED) is 0.575. The summed E-state index contributed by atoms with van der Waals surface area (Å²) in [6, 6.07) is 18.0. The first-order valence-electron chi connectivity index (χ1n) is 5.73. The molecule has 0 radical (unpaired) electrons. The maximum absolute atomic E-state index is 10.2. The normalized spacial score (nSPS) is 9.61. The van der Waals surface area contributed by atoms with E-state index in [0.29, 0.717) is 0 Å². The first-order valence-corrected chi connectivity index (χ1v) is 6.61. The van der Waals surface area contributed by atoms with Crippen molar-refractivity contribution < 1.29 is 4.79 Å². The van der Waals surface area contributed by atoms with Gasteiger partial charge in [-0.3, -0.25) is 4.79 Å². The lowest BCUT2D eigenvalue weighted by atomic mass is 10.2. The van der Waals surface area contributed by atoms with Gasteiger partial charge in [0.2, 0.25) is 0 Å². The molecule has 0 atom stereocenters. The monoisotopic (exact) mass is 254 g/mol. The Morgan fingerprint density at radius 1 is 1.00 bits per heavy atom. The van der Waals surface area contributed by atoms with E-state index in [4.69, 9.17) is 0 Å². The summed E-state index contributed by atoms with van der Waals surface area (Å²) in [5, 5.41) is 3.47. The fourth-order valence-corrected chi connectivity index (χ4v) is 2.44. The third kappa shape index (κ3) is 3.28. The maximum atomic E-state index is 10.2. The standard InChI is InChI=1S/C8H8O.C8H6S/c1-7-3-2-4-8(5-7)6-9;1-2-4-8-7(3-1)5-6-9-8/h2-6H,1H3;1-6H. The van der Waals surface area contributed by atoms with Crippen molar-refractivity contribution in [3.05, 3.63) is 71.1 Å². The Hall–Kier alpha value is -1.93. The van der Waals surface area contributed by atoms with Gasteiger partial charge in [-0.25, -0.2) is 0 Å². The molecule has 1 aromatic heterocycles. The highest BCUT2D eigenvalue weighted by Gasteiger charge is 1.88. The summed E-state index contributed by atoms with van der Waals surface area (Å²) < 4.78 is 1.37. The number of carbonyl (C=O) groups excluding carboxylic acids is 1. The summed E-state index contributed by atoms with van der Waals surface area (Å²) >= 11 is 1.79. The second-order valence-electron chi connectivity index (χ2n) is 3.99. The second-order valence-corrected chi connectivity index (χ2v) is 4.94. The highest BCUT2D eigenvalue weighted by atomic mass is 32.1. The van der Waals surface area contributed by atoms with Crippen molar-refractivity contribution in [2.24, 2.45) is 0 Å². The van der Waals surface area contributed by atoms with Gasteiger partial charge in [0.1, 0.15) is 6.29 Å². The van der Waals surface area contributed by atoms with Crippen LogP contribution in [0.15, 0.2) is 60.0 Å². The van der Waals surface area contributed by atoms with Crippen LogP contribution in [0.25, 0.3) is 10.1 Å². The lowest BCUT2D eigenvalue weighted by Crippen LogP contribution is -1.78. The van der Waals surface area contributed by atoms with Gasteiger partial charge in [0, 0.05) is 10.3 Å². The van der Waals surface area contributed by atoms with Gasteiger partial charge in [0.05, 0.1) is 0 Å². The number of aldehydes is 1. The van der Waals surface area contributed by atoms with E-state index in [1.807, 2.05) is 25.1 Å². The zero-order valence-electron chi connectivity index (χ0n) is 10.2. The van der Waals surface area contributed by atoms with Crippen LogP contribution in [0.2, 0.25) is 0 Å². The molecule has 0 fully saturated rings. The summed E-state index contributed by atoms with van der Waals surface area (Å²) in [5.41, 5.74) is 1.87. The van der Waals surface area contributed by atoms with Crippen molar-refractivity contribution in [3.8, 4) is 0 Å². The van der Waals surface area contributed by atoms with Crippen LogP contribution in [0.5, 0.6) is 0 Å². The van der Waals surface area contributed by atoms with Crippen molar-refractivity contribution >= 4 is 27.7 Å². The number of thiophene rings is 1. The number of hydrogen-bond donors (Lipinski definition) is 0. The third-order valence-corrected chi connectivity index (χ3v) is 3.44. The second kappa shape index (κ2) is 6.12. The number of benzene rings is 2. The molecule has 0 unspecified atom stereocenters. The molecule has 1 nitrogen and oxygen atoms in total. The van der Waals surface area contributed by atoms with E-state index in [1.54, 1.807) is 17.4 Å². The molecule has 0 aliphatic heterocycles. The smallest absolute Gasteiger partial charge is 0.150 e. The molecule has 2 aromatic carbocycles. The predicted octanol–water partition coefficient (Wildman–Crippen LogP) is 4.71. The highest BCUT2D eigenvalue weighted by Crippen LogP contribution is 2.18. The van der Waals surface area contributed by atoms with Crippen LogP contribution in [0.4, 0.5) is 0 Å².